The molecule has 1 fully saturated rings. The Morgan fingerprint density at radius 2 is 2.26 bits per heavy atom. The van der Waals surface area contributed by atoms with Crippen molar-refractivity contribution >= 4 is 16.3 Å². The molecule has 104 valence electrons. The van der Waals surface area contributed by atoms with E-state index in [1.807, 2.05) is 0 Å². The number of imidazole rings is 1. The maximum absolute atomic E-state index is 4.59. The fourth-order valence-electron chi connectivity index (χ4n) is 2.93. The Kier molecular flexibility index (Phi) is 3.37. The van der Waals surface area contributed by atoms with Crippen LogP contribution in [0.3, 0.4) is 0 Å². The van der Waals surface area contributed by atoms with Crippen LogP contribution >= 0.6 is 11.3 Å². The van der Waals surface area contributed by atoms with Crippen molar-refractivity contribution in [3.63, 3.8) is 0 Å². The van der Waals surface area contributed by atoms with Crippen LogP contribution in [-0.4, -0.2) is 40.5 Å². The third-order valence-electron chi connectivity index (χ3n) is 4.54. The average molecular weight is 278 g/mol. The lowest BCUT2D eigenvalue weighted by Crippen LogP contribution is -2.56. The first-order valence-corrected chi connectivity index (χ1v) is 7.79. The molecule has 1 saturated carbocycles. The molecule has 1 aliphatic carbocycles. The van der Waals surface area contributed by atoms with Crippen molar-refractivity contribution in [2.45, 2.75) is 38.3 Å². The molecule has 0 aliphatic heterocycles. The van der Waals surface area contributed by atoms with Crippen molar-refractivity contribution in [3.05, 3.63) is 23.0 Å². The van der Waals surface area contributed by atoms with Crippen molar-refractivity contribution in [2.24, 2.45) is 0 Å². The van der Waals surface area contributed by atoms with Gasteiger partial charge in [0.15, 0.2) is 4.96 Å². The zero-order valence-corrected chi connectivity index (χ0v) is 12.8. The van der Waals surface area contributed by atoms with Crippen LogP contribution in [0.2, 0.25) is 0 Å². The van der Waals surface area contributed by atoms with Crippen LogP contribution < -0.4 is 5.32 Å². The fraction of sp³-hybridized carbons (Fsp3) is 0.643. The van der Waals surface area contributed by atoms with E-state index < -0.39 is 0 Å². The quantitative estimate of drug-likeness (QED) is 0.911. The van der Waals surface area contributed by atoms with E-state index in [0.717, 1.165) is 23.7 Å². The number of thiazole rings is 1. The summed E-state index contributed by atoms with van der Waals surface area (Å²) in [5.74, 6) is 0. The highest BCUT2D eigenvalue weighted by Crippen LogP contribution is 2.35. The van der Waals surface area contributed by atoms with Crippen molar-refractivity contribution in [2.75, 3.05) is 20.6 Å². The summed E-state index contributed by atoms with van der Waals surface area (Å²) in [4.78, 5) is 8.07. The fourth-order valence-corrected chi connectivity index (χ4v) is 3.71. The topological polar surface area (TPSA) is 32.6 Å². The summed E-state index contributed by atoms with van der Waals surface area (Å²) >= 11 is 1.70. The van der Waals surface area contributed by atoms with E-state index in [0.29, 0.717) is 5.54 Å². The largest absolute Gasteiger partial charge is 0.309 e. The number of rotatable bonds is 5. The van der Waals surface area contributed by atoms with Gasteiger partial charge < -0.3 is 10.2 Å². The van der Waals surface area contributed by atoms with Gasteiger partial charge in [0.25, 0.3) is 0 Å². The third kappa shape index (κ3) is 2.20. The normalized spacial score (nSPS) is 18.1. The number of nitrogens with one attached hydrogen (secondary N) is 1. The van der Waals surface area contributed by atoms with E-state index in [2.05, 4.69) is 52.2 Å². The second kappa shape index (κ2) is 4.89. The molecule has 5 heteroatoms. The Hall–Kier alpha value is -0.910. The van der Waals surface area contributed by atoms with Gasteiger partial charge in [0.2, 0.25) is 0 Å². The molecule has 1 aliphatic rings. The van der Waals surface area contributed by atoms with Gasteiger partial charge in [-0.05, 0) is 40.3 Å². The Labute approximate surface area is 118 Å². The standard InChI is InChI=1S/C14H22N4S/c1-11-12(18-7-8-19-13(18)16-11)9-15-10-14(17(2)3)5-4-6-14/h7-8,15H,4-6,9-10H2,1-3H3. The maximum Gasteiger partial charge on any atom is 0.194 e. The first kappa shape index (κ1) is 13.1. The number of aryl methyl sites for hydroxylation is 1. The van der Waals surface area contributed by atoms with E-state index in [1.54, 1.807) is 11.3 Å². The molecule has 2 aromatic rings. The molecule has 19 heavy (non-hydrogen) atoms. The molecule has 2 aromatic heterocycles. The van der Waals surface area contributed by atoms with Gasteiger partial charge in [-0.2, -0.15) is 0 Å². The number of nitrogens with zero attached hydrogens (tertiary/aromatic N) is 3. The third-order valence-corrected chi connectivity index (χ3v) is 5.30. The molecule has 1 N–H and O–H groups in total. The van der Waals surface area contributed by atoms with Crippen LogP contribution in [0.1, 0.15) is 30.7 Å². The van der Waals surface area contributed by atoms with Crippen LogP contribution in [0, 0.1) is 6.92 Å². The number of likely N-dealkylation sites (N-methyl/N-ethyl adjacent to an activating group) is 1. The van der Waals surface area contributed by atoms with E-state index in [1.165, 1.54) is 25.0 Å². The molecular formula is C14H22N4S. The summed E-state index contributed by atoms with van der Waals surface area (Å²) in [6.07, 6.45) is 6.10. The maximum atomic E-state index is 4.59. The van der Waals surface area contributed by atoms with Gasteiger partial charge in [-0.3, -0.25) is 4.40 Å². The van der Waals surface area contributed by atoms with Crippen LogP contribution in [0.5, 0.6) is 0 Å². The lowest BCUT2D eigenvalue weighted by Gasteiger charge is -2.47. The van der Waals surface area contributed by atoms with Gasteiger partial charge in [0.1, 0.15) is 0 Å². The molecule has 0 aromatic carbocycles. The molecule has 0 bridgehead atoms. The lowest BCUT2D eigenvalue weighted by atomic mass is 9.75. The first-order chi connectivity index (χ1) is 9.12. The second-order valence-electron chi connectivity index (χ2n) is 5.78. The van der Waals surface area contributed by atoms with Crippen LogP contribution in [0.25, 0.3) is 4.96 Å². The number of aromatic nitrogens is 2. The van der Waals surface area contributed by atoms with Crippen molar-refractivity contribution in [1.82, 2.24) is 19.6 Å². The minimum Gasteiger partial charge on any atom is -0.309 e. The molecule has 0 radical (unpaired) electrons. The zero-order valence-electron chi connectivity index (χ0n) is 11.9. The molecule has 0 atom stereocenters. The summed E-state index contributed by atoms with van der Waals surface area (Å²) in [5, 5.41) is 5.73. The van der Waals surface area contributed by atoms with E-state index in [9.17, 15) is 0 Å². The molecule has 4 nitrogen and oxygen atoms in total. The van der Waals surface area contributed by atoms with Gasteiger partial charge in [-0.15, -0.1) is 11.3 Å². The Balaban J connectivity index is 1.66. The van der Waals surface area contributed by atoms with Crippen molar-refractivity contribution < 1.29 is 0 Å². The number of hydrogen-bond donors (Lipinski definition) is 1. The zero-order chi connectivity index (χ0) is 13.5. The second-order valence-corrected chi connectivity index (χ2v) is 6.65. The van der Waals surface area contributed by atoms with Crippen LogP contribution in [-0.2, 0) is 6.54 Å². The molecular weight excluding hydrogens is 256 g/mol. The van der Waals surface area contributed by atoms with Gasteiger partial charge >= 0.3 is 0 Å². The molecule has 3 rings (SSSR count). The SMILES string of the molecule is Cc1nc2sccn2c1CNCC1(N(C)C)CCC1. The van der Waals surface area contributed by atoms with Gasteiger partial charge in [-0.25, -0.2) is 4.98 Å². The van der Waals surface area contributed by atoms with E-state index in [-0.39, 0.29) is 0 Å². The first-order valence-electron chi connectivity index (χ1n) is 6.92. The summed E-state index contributed by atoms with van der Waals surface area (Å²) < 4.78 is 2.20. The van der Waals surface area contributed by atoms with Crippen LogP contribution in [0.15, 0.2) is 11.6 Å². The highest BCUT2D eigenvalue weighted by molar-refractivity contribution is 7.15. The molecule has 0 amide bonds. The molecule has 0 unspecified atom stereocenters. The van der Waals surface area contributed by atoms with Crippen molar-refractivity contribution in [1.29, 1.82) is 0 Å². The smallest absolute Gasteiger partial charge is 0.194 e. The Bertz CT molecular complexity index is 565. The molecule has 0 saturated heterocycles. The highest BCUT2D eigenvalue weighted by Gasteiger charge is 2.38. The Morgan fingerprint density at radius 3 is 2.89 bits per heavy atom. The van der Waals surface area contributed by atoms with Crippen molar-refractivity contribution in [3.8, 4) is 0 Å². The van der Waals surface area contributed by atoms with Gasteiger partial charge in [0, 0.05) is 30.2 Å². The lowest BCUT2D eigenvalue weighted by molar-refractivity contribution is 0.0597. The predicted octanol–water partition coefficient (Wildman–Crippen LogP) is 2.28. The number of hydrogen-bond acceptors (Lipinski definition) is 4. The average Bonchev–Trinajstić information content (AvgIpc) is 2.83. The Morgan fingerprint density at radius 1 is 1.47 bits per heavy atom. The van der Waals surface area contributed by atoms with Crippen LogP contribution in [0.4, 0.5) is 0 Å². The highest BCUT2D eigenvalue weighted by atomic mass is 32.1. The van der Waals surface area contributed by atoms with Gasteiger partial charge in [-0.1, -0.05) is 0 Å². The summed E-state index contributed by atoms with van der Waals surface area (Å²) in [6, 6.07) is 0. The minimum absolute atomic E-state index is 0.381. The molecule has 0 spiro atoms. The number of fused-ring (bicyclic) bond motifs is 1. The van der Waals surface area contributed by atoms with Gasteiger partial charge in [0.05, 0.1) is 11.4 Å². The minimum atomic E-state index is 0.381. The summed E-state index contributed by atoms with van der Waals surface area (Å²) in [7, 11) is 4.39. The van der Waals surface area contributed by atoms with E-state index >= 15 is 0 Å². The molecule has 2 heterocycles. The predicted molar refractivity (Wildman–Crippen MR) is 79.8 cm³/mol. The van der Waals surface area contributed by atoms with E-state index in [4.69, 9.17) is 0 Å². The monoisotopic (exact) mass is 278 g/mol. The summed E-state index contributed by atoms with van der Waals surface area (Å²) in [5.41, 5.74) is 2.82. The summed E-state index contributed by atoms with van der Waals surface area (Å²) in [6.45, 7) is 4.07.